The summed E-state index contributed by atoms with van der Waals surface area (Å²) < 4.78 is 0. The number of carbonyl (C=O) groups is 3. The van der Waals surface area contributed by atoms with Crippen molar-refractivity contribution in [2.75, 3.05) is 11.9 Å². The molecule has 0 radical (unpaired) electrons. The quantitative estimate of drug-likeness (QED) is 0.659. The lowest BCUT2D eigenvalue weighted by atomic mass is 10.1. The molecule has 0 saturated heterocycles. The first-order chi connectivity index (χ1) is 12.4. The molecule has 0 aliphatic rings. The van der Waals surface area contributed by atoms with Crippen LogP contribution in [0, 0.1) is 6.92 Å². The summed E-state index contributed by atoms with van der Waals surface area (Å²) in [5.74, 6) is -1.48. The summed E-state index contributed by atoms with van der Waals surface area (Å²) in [4.78, 5) is 36.5. The Balaban J connectivity index is 1.96. The minimum absolute atomic E-state index is 0.0739. The van der Waals surface area contributed by atoms with Gasteiger partial charge in [0.1, 0.15) is 0 Å². The van der Waals surface area contributed by atoms with E-state index in [1.54, 1.807) is 24.3 Å². The molecular formula is C19H22N2O4S. The number of carbonyl (C=O) groups excluding carboxylic acids is 2. The molecule has 1 aromatic heterocycles. The number of anilines is 1. The van der Waals surface area contributed by atoms with Gasteiger partial charge >= 0.3 is 5.97 Å². The lowest BCUT2D eigenvalue weighted by molar-refractivity contribution is -0.136. The monoisotopic (exact) mass is 374 g/mol. The molecule has 0 aliphatic carbocycles. The molecule has 1 aromatic carbocycles. The van der Waals surface area contributed by atoms with Crippen molar-refractivity contribution in [2.24, 2.45) is 0 Å². The molecule has 0 saturated carbocycles. The number of aryl methyl sites for hydroxylation is 2. The lowest BCUT2D eigenvalue weighted by Gasteiger charge is -2.06. The van der Waals surface area contributed by atoms with Crippen molar-refractivity contribution < 1.29 is 19.5 Å². The van der Waals surface area contributed by atoms with E-state index in [1.807, 2.05) is 13.0 Å². The van der Waals surface area contributed by atoms with Gasteiger partial charge in [-0.3, -0.25) is 14.4 Å². The molecular weight excluding hydrogens is 352 g/mol. The predicted octanol–water partition coefficient (Wildman–Crippen LogP) is 3.47. The van der Waals surface area contributed by atoms with Crippen molar-refractivity contribution in [3.63, 3.8) is 0 Å². The molecule has 3 N–H and O–H groups in total. The molecule has 0 bridgehead atoms. The summed E-state index contributed by atoms with van der Waals surface area (Å²) in [6, 6.07) is 8.42. The second kappa shape index (κ2) is 9.15. The summed E-state index contributed by atoms with van der Waals surface area (Å²) in [6.07, 6.45) is 1.87. The minimum atomic E-state index is -0.964. The Kier molecular flexibility index (Phi) is 6.91. The average Bonchev–Trinajstić information content (AvgIpc) is 2.96. The highest BCUT2D eigenvalue weighted by Gasteiger charge is 2.13. The molecule has 2 aromatic rings. The number of carboxylic acid groups (broad SMARTS) is 1. The van der Waals surface area contributed by atoms with Gasteiger partial charge in [-0.1, -0.05) is 13.3 Å². The standard InChI is InChI=1S/C19H22N2O4S/c1-3-4-14-11-16(26-12(14)2)19(25)21-15-7-5-13(6-8-15)18(24)20-10-9-17(22)23/h5-8,11H,3-4,9-10H2,1-2H3,(H,20,24)(H,21,25)(H,22,23). The number of hydrogen-bond acceptors (Lipinski definition) is 4. The van der Waals surface area contributed by atoms with Gasteiger partial charge in [0.15, 0.2) is 0 Å². The van der Waals surface area contributed by atoms with E-state index in [-0.39, 0.29) is 24.8 Å². The Morgan fingerprint density at radius 2 is 1.81 bits per heavy atom. The maximum Gasteiger partial charge on any atom is 0.305 e. The number of aliphatic carboxylic acids is 1. The predicted molar refractivity (Wildman–Crippen MR) is 102 cm³/mol. The highest BCUT2D eigenvalue weighted by Crippen LogP contribution is 2.24. The SMILES string of the molecule is CCCc1cc(C(=O)Nc2ccc(C(=O)NCCC(=O)O)cc2)sc1C. The maximum absolute atomic E-state index is 12.4. The Morgan fingerprint density at radius 1 is 1.12 bits per heavy atom. The number of rotatable bonds is 8. The first-order valence-electron chi connectivity index (χ1n) is 8.41. The second-order valence-corrected chi connectivity index (χ2v) is 7.13. The molecule has 0 atom stereocenters. The molecule has 2 rings (SSSR count). The van der Waals surface area contributed by atoms with Crippen molar-refractivity contribution in [3.8, 4) is 0 Å². The van der Waals surface area contributed by atoms with Crippen LogP contribution < -0.4 is 10.6 Å². The first-order valence-corrected chi connectivity index (χ1v) is 9.23. The van der Waals surface area contributed by atoms with Gasteiger partial charge in [0.25, 0.3) is 11.8 Å². The fourth-order valence-corrected chi connectivity index (χ4v) is 3.40. The molecule has 0 unspecified atom stereocenters. The van der Waals surface area contributed by atoms with E-state index in [4.69, 9.17) is 5.11 Å². The van der Waals surface area contributed by atoms with Gasteiger partial charge in [0.2, 0.25) is 0 Å². The molecule has 26 heavy (non-hydrogen) atoms. The number of amides is 2. The molecule has 0 fully saturated rings. The summed E-state index contributed by atoms with van der Waals surface area (Å²) in [7, 11) is 0. The minimum Gasteiger partial charge on any atom is -0.481 e. The van der Waals surface area contributed by atoms with Gasteiger partial charge in [-0.05, 0) is 49.2 Å². The van der Waals surface area contributed by atoms with Crippen molar-refractivity contribution >= 4 is 34.8 Å². The molecule has 138 valence electrons. The zero-order valence-corrected chi connectivity index (χ0v) is 15.6. The highest BCUT2D eigenvalue weighted by molar-refractivity contribution is 7.14. The summed E-state index contributed by atoms with van der Waals surface area (Å²) in [5, 5.41) is 13.9. The normalized spacial score (nSPS) is 10.4. The van der Waals surface area contributed by atoms with Crippen LogP contribution in [0.5, 0.6) is 0 Å². The largest absolute Gasteiger partial charge is 0.481 e. The molecule has 0 aliphatic heterocycles. The van der Waals surface area contributed by atoms with Crippen LogP contribution in [0.25, 0.3) is 0 Å². The fraction of sp³-hybridized carbons (Fsp3) is 0.316. The van der Waals surface area contributed by atoms with Gasteiger partial charge < -0.3 is 15.7 Å². The van der Waals surface area contributed by atoms with Gasteiger partial charge in [0, 0.05) is 22.7 Å². The van der Waals surface area contributed by atoms with Gasteiger partial charge in [0.05, 0.1) is 11.3 Å². The third-order valence-corrected chi connectivity index (χ3v) is 4.88. The van der Waals surface area contributed by atoms with Crippen molar-refractivity contribution in [1.82, 2.24) is 5.32 Å². The van der Waals surface area contributed by atoms with Crippen LogP contribution in [0.4, 0.5) is 5.69 Å². The fourth-order valence-electron chi connectivity index (χ4n) is 2.43. The number of carboxylic acids is 1. The Hall–Kier alpha value is -2.67. The van der Waals surface area contributed by atoms with Crippen LogP contribution in [-0.2, 0) is 11.2 Å². The van der Waals surface area contributed by atoms with Crippen molar-refractivity contribution in [2.45, 2.75) is 33.1 Å². The zero-order valence-electron chi connectivity index (χ0n) is 14.8. The molecule has 1 heterocycles. The third kappa shape index (κ3) is 5.42. The Morgan fingerprint density at radius 3 is 2.42 bits per heavy atom. The van der Waals surface area contributed by atoms with Crippen LogP contribution in [-0.4, -0.2) is 29.4 Å². The maximum atomic E-state index is 12.4. The number of hydrogen-bond donors (Lipinski definition) is 3. The van der Waals surface area contributed by atoms with Crippen LogP contribution in [0.2, 0.25) is 0 Å². The van der Waals surface area contributed by atoms with Gasteiger partial charge in [-0.15, -0.1) is 11.3 Å². The zero-order chi connectivity index (χ0) is 19.1. The van der Waals surface area contributed by atoms with E-state index in [9.17, 15) is 14.4 Å². The lowest BCUT2D eigenvalue weighted by Crippen LogP contribution is -2.25. The Labute approximate surface area is 156 Å². The summed E-state index contributed by atoms with van der Waals surface area (Å²) >= 11 is 1.48. The number of benzene rings is 1. The van der Waals surface area contributed by atoms with E-state index in [2.05, 4.69) is 17.6 Å². The summed E-state index contributed by atoms with van der Waals surface area (Å²) in [6.45, 7) is 4.20. The number of thiophene rings is 1. The van der Waals surface area contributed by atoms with E-state index < -0.39 is 5.97 Å². The van der Waals surface area contributed by atoms with Crippen LogP contribution in [0.3, 0.4) is 0 Å². The van der Waals surface area contributed by atoms with E-state index in [1.165, 1.54) is 16.9 Å². The van der Waals surface area contributed by atoms with E-state index in [0.717, 1.165) is 17.7 Å². The average molecular weight is 374 g/mol. The topological polar surface area (TPSA) is 95.5 Å². The van der Waals surface area contributed by atoms with Crippen LogP contribution in [0.1, 0.15) is 50.2 Å². The third-order valence-electron chi connectivity index (χ3n) is 3.79. The highest BCUT2D eigenvalue weighted by atomic mass is 32.1. The van der Waals surface area contributed by atoms with Gasteiger partial charge in [-0.25, -0.2) is 0 Å². The van der Waals surface area contributed by atoms with Crippen LogP contribution in [0.15, 0.2) is 30.3 Å². The van der Waals surface area contributed by atoms with Crippen molar-refractivity contribution in [3.05, 3.63) is 51.2 Å². The molecule has 0 spiro atoms. The van der Waals surface area contributed by atoms with Crippen molar-refractivity contribution in [1.29, 1.82) is 0 Å². The van der Waals surface area contributed by atoms with Crippen LogP contribution >= 0.6 is 11.3 Å². The molecule has 7 heteroatoms. The summed E-state index contributed by atoms with van der Waals surface area (Å²) in [5.41, 5.74) is 2.21. The first kappa shape index (κ1) is 19.7. The van der Waals surface area contributed by atoms with E-state index in [0.29, 0.717) is 16.1 Å². The smallest absolute Gasteiger partial charge is 0.305 e. The molecule has 2 amide bonds. The van der Waals surface area contributed by atoms with Gasteiger partial charge in [-0.2, -0.15) is 0 Å². The van der Waals surface area contributed by atoms with E-state index >= 15 is 0 Å². The second-order valence-electron chi connectivity index (χ2n) is 5.87. The molecule has 6 nitrogen and oxygen atoms in total. The number of nitrogens with one attached hydrogen (secondary N) is 2. The Bertz CT molecular complexity index is 796.